The van der Waals surface area contributed by atoms with Crippen LogP contribution in [0.2, 0.25) is 5.02 Å². The summed E-state index contributed by atoms with van der Waals surface area (Å²) in [5.74, 6) is 1.19. The molecule has 100 valence electrons. The minimum Gasteiger partial charge on any atom is -0.492 e. The lowest BCUT2D eigenvalue weighted by Gasteiger charge is -2.14. The van der Waals surface area contributed by atoms with Gasteiger partial charge in [0, 0.05) is 0 Å². The average Bonchev–Trinajstić information content (AvgIpc) is 2.32. The van der Waals surface area contributed by atoms with Crippen LogP contribution in [0, 0.1) is 5.92 Å². The van der Waals surface area contributed by atoms with E-state index in [-0.39, 0.29) is 0 Å². The topological polar surface area (TPSA) is 35.2 Å². The molecule has 0 bridgehead atoms. The van der Waals surface area contributed by atoms with Gasteiger partial charge < -0.3 is 10.5 Å². The molecular weight excluding hydrogens is 246 g/mol. The summed E-state index contributed by atoms with van der Waals surface area (Å²) >= 11 is 6.21. The maximum absolute atomic E-state index is 6.21. The minimum atomic E-state index is 0.450. The summed E-state index contributed by atoms with van der Waals surface area (Å²) in [6.07, 6.45) is 3.08. The van der Waals surface area contributed by atoms with Gasteiger partial charge in [-0.3, -0.25) is 0 Å². The summed E-state index contributed by atoms with van der Waals surface area (Å²) in [6.45, 7) is 7.59. The first-order chi connectivity index (χ1) is 8.60. The van der Waals surface area contributed by atoms with Crippen LogP contribution in [0.4, 0.5) is 0 Å². The summed E-state index contributed by atoms with van der Waals surface area (Å²) in [6, 6.07) is 5.95. The molecule has 0 saturated carbocycles. The highest BCUT2D eigenvalue weighted by Gasteiger charge is 2.09. The van der Waals surface area contributed by atoms with Gasteiger partial charge in [-0.15, -0.1) is 0 Å². The van der Waals surface area contributed by atoms with Gasteiger partial charge in [-0.1, -0.05) is 37.6 Å². The third-order valence-electron chi connectivity index (χ3n) is 2.72. The summed E-state index contributed by atoms with van der Waals surface area (Å²) in [4.78, 5) is 0. The second kappa shape index (κ2) is 7.45. The van der Waals surface area contributed by atoms with Crippen molar-refractivity contribution in [3.8, 4) is 5.75 Å². The van der Waals surface area contributed by atoms with Crippen molar-refractivity contribution in [3.05, 3.63) is 34.9 Å². The van der Waals surface area contributed by atoms with Gasteiger partial charge in [-0.25, -0.2) is 0 Å². The van der Waals surface area contributed by atoms with Crippen molar-refractivity contribution in [3.63, 3.8) is 0 Å². The van der Waals surface area contributed by atoms with Gasteiger partial charge in [0.25, 0.3) is 0 Å². The lowest BCUT2D eigenvalue weighted by atomic mass is 9.94. The molecule has 3 heteroatoms. The van der Waals surface area contributed by atoms with Crippen LogP contribution in [-0.4, -0.2) is 13.2 Å². The number of allylic oxidation sites excluding steroid dienone is 1. The van der Waals surface area contributed by atoms with Gasteiger partial charge in [0.2, 0.25) is 0 Å². The van der Waals surface area contributed by atoms with Crippen molar-refractivity contribution in [2.45, 2.75) is 27.2 Å². The molecule has 0 aliphatic carbocycles. The van der Waals surface area contributed by atoms with E-state index in [2.05, 4.69) is 26.0 Å². The predicted octanol–water partition coefficient (Wildman–Crippen LogP) is 4.13. The van der Waals surface area contributed by atoms with Crippen LogP contribution in [0.25, 0.3) is 5.57 Å². The molecule has 0 amide bonds. The molecule has 0 saturated heterocycles. The smallest absolute Gasteiger partial charge is 0.137 e. The van der Waals surface area contributed by atoms with Crippen molar-refractivity contribution in [1.29, 1.82) is 0 Å². The Labute approximate surface area is 115 Å². The molecule has 0 heterocycles. The molecule has 0 unspecified atom stereocenters. The maximum Gasteiger partial charge on any atom is 0.137 e. The van der Waals surface area contributed by atoms with Crippen molar-refractivity contribution in [1.82, 2.24) is 0 Å². The number of halogens is 1. The molecule has 0 fully saturated rings. The number of rotatable bonds is 6. The zero-order valence-electron chi connectivity index (χ0n) is 11.4. The molecule has 0 aliphatic rings. The van der Waals surface area contributed by atoms with Gasteiger partial charge in [0.05, 0.1) is 11.6 Å². The van der Waals surface area contributed by atoms with Gasteiger partial charge in [-0.05, 0) is 49.1 Å². The predicted molar refractivity (Wildman–Crippen MR) is 79.1 cm³/mol. The number of ether oxygens (including phenoxy) is 1. The highest BCUT2D eigenvalue weighted by molar-refractivity contribution is 6.32. The first-order valence-corrected chi connectivity index (χ1v) is 6.80. The Morgan fingerprint density at radius 2 is 2.17 bits per heavy atom. The van der Waals surface area contributed by atoms with Gasteiger partial charge in [0.1, 0.15) is 5.75 Å². The fourth-order valence-corrected chi connectivity index (χ4v) is 2.11. The zero-order valence-corrected chi connectivity index (χ0v) is 12.1. The lowest BCUT2D eigenvalue weighted by molar-refractivity contribution is 0.340. The van der Waals surface area contributed by atoms with Crippen molar-refractivity contribution in [2.75, 3.05) is 13.2 Å². The van der Waals surface area contributed by atoms with Gasteiger partial charge in [0.15, 0.2) is 0 Å². The third kappa shape index (κ3) is 4.04. The third-order valence-corrected chi connectivity index (χ3v) is 3.01. The van der Waals surface area contributed by atoms with Crippen LogP contribution in [-0.2, 0) is 0 Å². The summed E-state index contributed by atoms with van der Waals surface area (Å²) in [5.41, 5.74) is 7.99. The lowest BCUT2D eigenvalue weighted by Crippen LogP contribution is -2.00. The number of benzene rings is 1. The van der Waals surface area contributed by atoms with Crippen molar-refractivity contribution in [2.24, 2.45) is 11.7 Å². The Balaban J connectivity index is 3.03. The van der Waals surface area contributed by atoms with E-state index in [0.717, 1.165) is 17.7 Å². The summed E-state index contributed by atoms with van der Waals surface area (Å²) < 4.78 is 5.44. The SMILES string of the molecule is CCOc1ccc(/C(=C/CCN)C(C)C)cc1Cl. The Morgan fingerprint density at radius 3 is 2.67 bits per heavy atom. The highest BCUT2D eigenvalue weighted by atomic mass is 35.5. The second-order valence-electron chi connectivity index (χ2n) is 4.47. The minimum absolute atomic E-state index is 0.450. The van der Waals surface area contributed by atoms with E-state index in [1.165, 1.54) is 5.57 Å². The Kier molecular flexibility index (Phi) is 6.23. The molecule has 0 aromatic heterocycles. The number of hydrogen-bond acceptors (Lipinski definition) is 2. The van der Waals surface area contributed by atoms with E-state index in [1.807, 2.05) is 19.1 Å². The van der Waals surface area contributed by atoms with Crippen LogP contribution in [0.5, 0.6) is 5.75 Å². The fraction of sp³-hybridized carbons (Fsp3) is 0.467. The molecular formula is C15H22ClNO. The van der Waals surface area contributed by atoms with Gasteiger partial charge >= 0.3 is 0 Å². The molecule has 0 radical (unpaired) electrons. The van der Waals surface area contributed by atoms with E-state index >= 15 is 0 Å². The van der Waals surface area contributed by atoms with Crippen LogP contribution in [0.1, 0.15) is 32.8 Å². The molecule has 1 aromatic rings. The first-order valence-electron chi connectivity index (χ1n) is 6.43. The molecule has 0 atom stereocenters. The fourth-order valence-electron chi connectivity index (χ4n) is 1.88. The van der Waals surface area contributed by atoms with Gasteiger partial charge in [-0.2, -0.15) is 0 Å². The average molecular weight is 268 g/mol. The van der Waals surface area contributed by atoms with Crippen LogP contribution in [0.3, 0.4) is 0 Å². The number of hydrogen-bond donors (Lipinski definition) is 1. The monoisotopic (exact) mass is 267 g/mol. The summed E-state index contributed by atoms with van der Waals surface area (Å²) in [7, 11) is 0. The van der Waals surface area contributed by atoms with Crippen LogP contribution in [0.15, 0.2) is 24.3 Å². The van der Waals surface area contributed by atoms with E-state index in [4.69, 9.17) is 22.1 Å². The van der Waals surface area contributed by atoms with Crippen LogP contribution < -0.4 is 10.5 Å². The molecule has 2 nitrogen and oxygen atoms in total. The standard InChI is InChI=1S/C15H22ClNO/c1-4-18-15-8-7-12(10-14(15)16)13(11(2)3)6-5-9-17/h6-8,10-11H,4-5,9,17H2,1-3H3/b13-6+. The molecule has 1 aromatic carbocycles. The van der Waals surface area contributed by atoms with E-state index in [1.54, 1.807) is 0 Å². The number of nitrogens with two attached hydrogens (primary N) is 1. The van der Waals surface area contributed by atoms with E-state index in [0.29, 0.717) is 24.1 Å². The zero-order chi connectivity index (χ0) is 13.5. The molecule has 2 N–H and O–H groups in total. The van der Waals surface area contributed by atoms with Crippen LogP contribution >= 0.6 is 11.6 Å². The second-order valence-corrected chi connectivity index (χ2v) is 4.88. The Bertz CT molecular complexity index is 413. The quantitative estimate of drug-likeness (QED) is 0.841. The van der Waals surface area contributed by atoms with E-state index < -0.39 is 0 Å². The van der Waals surface area contributed by atoms with Crippen molar-refractivity contribution >= 4 is 17.2 Å². The largest absolute Gasteiger partial charge is 0.492 e. The normalized spacial score (nSPS) is 12.0. The van der Waals surface area contributed by atoms with E-state index in [9.17, 15) is 0 Å². The highest BCUT2D eigenvalue weighted by Crippen LogP contribution is 2.31. The molecule has 1 rings (SSSR count). The first kappa shape index (κ1) is 15.1. The summed E-state index contributed by atoms with van der Waals surface area (Å²) in [5, 5.41) is 0.661. The molecule has 0 spiro atoms. The Hall–Kier alpha value is -0.990. The molecule has 0 aliphatic heterocycles. The van der Waals surface area contributed by atoms with Crippen molar-refractivity contribution < 1.29 is 4.74 Å². The molecule has 18 heavy (non-hydrogen) atoms. The Morgan fingerprint density at radius 1 is 1.44 bits per heavy atom. The maximum atomic E-state index is 6.21.